The molecule has 7 aromatic rings. The summed E-state index contributed by atoms with van der Waals surface area (Å²) < 4.78 is 0. The summed E-state index contributed by atoms with van der Waals surface area (Å²) in [7, 11) is 0. The molecular weight excluding hydrogens is 675 g/mol. The predicted octanol–water partition coefficient (Wildman–Crippen LogP) is 14.3. The Hall–Kier alpha value is -6.70. The highest BCUT2D eigenvalue weighted by Crippen LogP contribution is 2.64. The van der Waals surface area contributed by atoms with Crippen LogP contribution in [0.5, 0.6) is 0 Å². The van der Waals surface area contributed by atoms with Gasteiger partial charge in [-0.1, -0.05) is 178 Å². The summed E-state index contributed by atoms with van der Waals surface area (Å²) in [4.78, 5) is 2.51. The van der Waals surface area contributed by atoms with Crippen LogP contribution in [-0.2, 0) is 10.8 Å². The summed E-state index contributed by atoms with van der Waals surface area (Å²) in [6.45, 7) is 9.33. The Morgan fingerprint density at radius 2 is 1.16 bits per heavy atom. The largest absolute Gasteiger partial charge is 0.310 e. The normalized spacial score (nSPS) is 16.9. The lowest BCUT2D eigenvalue weighted by atomic mass is 9.69. The smallest absolute Gasteiger partial charge is 0.0726 e. The van der Waals surface area contributed by atoms with Crippen molar-refractivity contribution in [1.82, 2.24) is 0 Å². The van der Waals surface area contributed by atoms with Gasteiger partial charge < -0.3 is 4.90 Å². The highest BCUT2D eigenvalue weighted by molar-refractivity contribution is 6.03. The fourth-order valence-corrected chi connectivity index (χ4v) is 10.4. The molecule has 0 fully saturated rings. The van der Waals surface area contributed by atoms with E-state index >= 15 is 0 Å². The molecule has 0 unspecified atom stereocenters. The molecule has 0 saturated carbocycles. The van der Waals surface area contributed by atoms with Gasteiger partial charge >= 0.3 is 0 Å². The van der Waals surface area contributed by atoms with Gasteiger partial charge in [-0.15, -0.1) is 0 Å². The lowest BCUT2D eigenvalue weighted by Crippen LogP contribution is -2.27. The van der Waals surface area contributed by atoms with Crippen molar-refractivity contribution in [3.8, 4) is 22.3 Å². The van der Waals surface area contributed by atoms with Crippen LogP contribution in [0.1, 0.15) is 53.6 Å². The van der Waals surface area contributed by atoms with Crippen molar-refractivity contribution in [1.29, 1.82) is 0 Å². The van der Waals surface area contributed by atoms with Gasteiger partial charge in [0.05, 0.1) is 11.1 Å². The van der Waals surface area contributed by atoms with Crippen LogP contribution in [0.4, 0.5) is 17.1 Å². The standard InChI is InChI=1S/C55H41N/c1-4-41-51(33-36-17-6-5-7-18-36)55(47-25-14-11-22-43(47)44-23-12-15-26-48(44)55)49-27-16-28-52(53(41)49)56(39-30-29-37-19-8-9-20-38(37)34-39)40-31-32-45-42-21-10-13-24-46(42)54(2,3)50(45)35-40/h4-17,19-35H,1,18H2,2-3H3/b36-33-. The molecule has 4 aliphatic rings. The number of fused-ring (bicyclic) bond motifs is 11. The predicted molar refractivity (Wildman–Crippen MR) is 236 cm³/mol. The fraction of sp³-hybridized carbons (Fsp3) is 0.0909. The summed E-state index contributed by atoms with van der Waals surface area (Å²) in [5, 5.41) is 2.45. The number of benzene rings is 7. The highest BCUT2D eigenvalue weighted by Gasteiger charge is 2.53. The third kappa shape index (κ3) is 4.43. The number of hydrogen-bond acceptors (Lipinski definition) is 1. The second-order valence-electron chi connectivity index (χ2n) is 16.1. The van der Waals surface area contributed by atoms with Crippen molar-refractivity contribution in [3.63, 3.8) is 0 Å². The third-order valence-corrected chi connectivity index (χ3v) is 12.9. The minimum atomic E-state index is -0.513. The fourth-order valence-electron chi connectivity index (χ4n) is 10.4. The molecule has 7 aromatic carbocycles. The molecule has 1 spiro atoms. The highest BCUT2D eigenvalue weighted by atomic mass is 15.1. The maximum Gasteiger partial charge on any atom is 0.0726 e. The van der Waals surface area contributed by atoms with Crippen LogP contribution in [0, 0.1) is 0 Å². The first-order chi connectivity index (χ1) is 27.5. The van der Waals surface area contributed by atoms with Gasteiger partial charge in [0, 0.05) is 22.4 Å². The lowest BCUT2D eigenvalue weighted by Gasteiger charge is -2.33. The maximum absolute atomic E-state index is 4.59. The van der Waals surface area contributed by atoms with Crippen molar-refractivity contribution >= 4 is 33.4 Å². The molecule has 0 heterocycles. The molecule has 4 aliphatic carbocycles. The molecule has 11 rings (SSSR count). The zero-order valence-corrected chi connectivity index (χ0v) is 31.8. The summed E-state index contributed by atoms with van der Waals surface area (Å²) in [6.07, 6.45) is 14.3. The summed E-state index contributed by atoms with van der Waals surface area (Å²) in [5.74, 6) is 0. The van der Waals surface area contributed by atoms with E-state index in [1.54, 1.807) is 0 Å². The Kier molecular flexibility index (Phi) is 7.10. The van der Waals surface area contributed by atoms with Gasteiger partial charge in [0.25, 0.3) is 0 Å². The molecule has 0 aromatic heterocycles. The van der Waals surface area contributed by atoms with Gasteiger partial charge in [0.15, 0.2) is 0 Å². The number of anilines is 3. The number of nitrogens with zero attached hydrogens (tertiary/aromatic N) is 1. The van der Waals surface area contributed by atoms with Gasteiger partial charge in [-0.25, -0.2) is 0 Å². The van der Waals surface area contributed by atoms with Crippen LogP contribution in [0.15, 0.2) is 206 Å². The summed E-state index contributed by atoms with van der Waals surface area (Å²) in [5.41, 5.74) is 19.7. The summed E-state index contributed by atoms with van der Waals surface area (Å²) in [6, 6.07) is 56.7. The van der Waals surface area contributed by atoms with Crippen LogP contribution in [-0.4, -0.2) is 0 Å². The Morgan fingerprint density at radius 3 is 1.88 bits per heavy atom. The SMILES string of the molecule is C=CC1=C(/C=C2/C=CC=CC2)C2(c3ccccc3-c3ccccc32)c2cccc(N(c3ccc4c(c3)C(C)(C)c3ccccc3-4)c3ccc4ccccc4c3)c21. The first-order valence-electron chi connectivity index (χ1n) is 19.8. The first-order valence-corrected chi connectivity index (χ1v) is 19.8. The molecule has 0 saturated heterocycles. The monoisotopic (exact) mass is 715 g/mol. The molecular formula is C55H41N. The van der Waals surface area contributed by atoms with Gasteiger partial charge in [-0.2, -0.15) is 0 Å². The topological polar surface area (TPSA) is 3.24 Å². The molecule has 0 radical (unpaired) electrons. The first kappa shape index (κ1) is 32.7. The second-order valence-corrected chi connectivity index (χ2v) is 16.1. The Bertz CT molecular complexity index is 2900. The van der Waals surface area contributed by atoms with Gasteiger partial charge in [-0.3, -0.25) is 0 Å². The zero-order chi connectivity index (χ0) is 37.6. The van der Waals surface area contributed by atoms with E-state index in [-0.39, 0.29) is 5.41 Å². The third-order valence-electron chi connectivity index (χ3n) is 12.9. The van der Waals surface area contributed by atoms with E-state index in [1.165, 1.54) is 83.1 Å². The summed E-state index contributed by atoms with van der Waals surface area (Å²) >= 11 is 0. The van der Waals surface area contributed by atoms with Crippen LogP contribution < -0.4 is 4.90 Å². The van der Waals surface area contributed by atoms with Crippen molar-refractivity contribution in [2.24, 2.45) is 0 Å². The quantitative estimate of drug-likeness (QED) is 0.171. The van der Waals surface area contributed by atoms with Crippen LogP contribution in [0.2, 0.25) is 0 Å². The Labute approximate surface area is 329 Å². The van der Waals surface area contributed by atoms with Crippen molar-refractivity contribution < 1.29 is 0 Å². The molecule has 0 amide bonds. The zero-order valence-electron chi connectivity index (χ0n) is 31.8. The van der Waals surface area contributed by atoms with E-state index in [9.17, 15) is 0 Å². The van der Waals surface area contributed by atoms with Crippen LogP contribution in [0.25, 0.3) is 38.6 Å². The van der Waals surface area contributed by atoms with Crippen LogP contribution >= 0.6 is 0 Å². The van der Waals surface area contributed by atoms with E-state index in [0.717, 1.165) is 23.5 Å². The van der Waals surface area contributed by atoms with Gasteiger partial charge in [0.2, 0.25) is 0 Å². The van der Waals surface area contributed by atoms with E-state index in [1.807, 2.05) is 0 Å². The number of rotatable bonds is 5. The Morgan fingerprint density at radius 1 is 0.554 bits per heavy atom. The van der Waals surface area contributed by atoms with Crippen molar-refractivity contribution in [3.05, 3.63) is 239 Å². The number of allylic oxidation sites excluding steroid dienone is 9. The van der Waals surface area contributed by atoms with E-state index in [2.05, 4.69) is 213 Å². The average Bonchev–Trinajstić information content (AvgIpc) is 3.79. The van der Waals surface area contributed by atoms with Crippen LogP contribution in [0.3, 0.4) is 0 Å². The molecule has 0 bridgehead atoms. The minimum absolute atomic E-state index is 0.134. The molecule has 1 nitrogen and oxygen atoms in total. The average molecular weight is 716 g/mol. The molecule has 56 heavy (non-hydrogen) atoms. The van der Waals surface area contributed by atoms with Crippen molar-refractivity contribution in [2.75, 3.05) is 4.90 Å². The molecule has 0 atom stereocenters. The minimum Gasteiger partial charge on any atom is -0.310 e. The van der Waals surface area contributed by atoms with Crippen molar-refractivity contribution in [2.45, 2.75) is 31.1 Å². The molecule has 0 N–H and O–H groups in total. The Balaban J connectivity index is 1.23. The second kappa shape index (κ2) is 12.2. The van der Waals surface area contributed by atoms with E-state index in [4.69, 9.17) is 0 Å². The van der Waals surface area contributed by atoms with Gasteiger partial charge in [0.1, 0.15) is 0 Å². The van der Waals surface area contributed by atoms with E-state index in [0.29, 0.717) is 0 Å². The molecule has 1 heteroatoms. The van der Waals surface area contributed by atoms with E-state index < -0.39 is 5.41 Å². The number of hydrogen-bond donors (Lipinski definition) is 0. The molecule has 0 aliphatic heterocycles. The van der Waals surface area contributed by atoms with Gasteiger partial charge in [-0.05, 0) is 114 Å². The maximum atomic E-state index is 4.59. The molecule has 266 valence electrons. The lowest BCUT2D eigenvalue weighted by molar-refractivity contribution is 0.660.